The highest BCUT2D eigenvalue weighted by atomic mass is 16.6. The van der Waals surface area contributed by atoms with Gasteiger partial charge >= 0.3 is 0 Å². The lowest BCUT2D eigenvalue weighted by Gasteiger charge is -2.07. The first-order valence-corrected chi connectivity index (χ1v) is 6.80. The Kier molecular flexibility index (Phi) is 5.31. The van der Waals surface area contributed by atoms with Crippen LogP contribution in [0, 0.1) is 16.0 Å². The SMILES string of the molecule is COc1cc(CNCCOCC2CC2)cc([N+](=O)[O-])c1. The summed E-state index contributed by atoms with van der Waals surface area (Å²) in [5, 5.41) is 14.0. The number of nitrogens with one attached hydrogen (secondary N) is 1. The van der Waals surface area contributed by atoms with E-state index in [2.05, 4.69) is 5.32 Å². The van der Waals surface area contributed by atoms with E-state index in [1.807, 2.05) is 0 Å². The predicted molar refractivity (Wildman–Crippen MR) is 74.9 cm³/mol. The zero-order chi connectivity index (χ0) is 14.4. The molecule has 1 fully saturated rings. The molecule has 0 amide bonds. The minimum Gasteiger partial charge on any atom is -0.496 e. The highest BCUT2D eigenvalue weighted by Crippen LogP contribution is 2.28. The number of nitro groups is 1. The van der Waals surface area contributed by atoms with Crippen molar-refractivity contribution >= 4 is 5.69 Å². The number of benzene rings is 1. The van der Waals surface area contributed by atoms with Crippen molar-refractivity contribution < 1.29 is 14.4 Å². The van der Waals surface area contributed by atoms with Crippen LogP contribution in [-0.4, -0.2) is 31.8 Å². The fourth-order valence-electron chi connectivity index (χ4n) is 1.88. The Morgan fingerprint density at radius 1 is 1.40 bits per heavy atom. The molecule has 6 heteroatoms. The van der Waals surface area contributed by atoms with Gasteiger partial charge in [0.15, 0.2) is 0 Å². The summed E-state index contributed by atoms with van der Waals surface area (Å²) in [6, 6.07) is 4.77. The fourth-order valence-corrected chi connectivity index (χ4v) is 1.88. The monoisotopic (exact) mass is 280 g/mol. The molecule has 1 saturated carbocycles. The van der Waals surface area contributed by atoms with Gasteiger partial charge in [0.05, 0.1) is 24.7 Å². The minimum atomic E-state index is -0.412. The van der Waals surface area contributed by atoms with Gasteiger partial charge in [-0.05, 0) is 30.4 Å². The lowest BCUT2D eigenvalue weighted by Crippen LogP contribution is -2.19. The molecule has 0 saturated heterocycles. The molecule has 0 aromatic heterocycles. The second kappa shape index (κ2) is 7.21. The summed E-state index contributed by atoms with van der Waals surface area (Å²) in [5.74, 6) is 1.28. The van der Waals surface area contributed by atoms with Gasteiger partial charge in [0.1, 0.15) is 5.75 Å². The first-order valence-electron chi connectivity index (χ1n) is 6.80. The van der Waals surface area contributed by atoms with E-state index >= 15 is 0 Å². The van der Waals surface area contributed by atoms with E-state index in [-0.39, 0.29) is 5.69 Å². The van der Waals surface area contributed by atoms with Crippen molar-refractivity contribution in [1.29, 1.82) is 0 Å². The van der Waals surface area contributed by atoms with Gasteiger partial charge in [0.25, 0.3) is 5.69 Å². The summed E-state index contributed by atoms with van der Waals surface area (Å²) in [7, 11) is 1.50. The summed E-state index contributed by atoms with van der Waals surface area (Å²) in [6.07, 6.45) is 2.59. The summed E-state index contributed by atoms with van der Waals surface area (Å²) >= 11 is 0. The first kappa shape index (κ1) is 14.7. The molecule has 1 aromatic rings. The maximum atomic E-state index is 10.8. The minimum absolute atomic E-state index is 0.0473. The number of rotatable bonds is 9. The van der Waals surface area contributed by atoms with Gasteiger partial charge in [-0.3, -0.25) is 10.1 Å². The molecule has 1 aliphatic carbocycles. The lowest BCUT2D eigenvalue weighted by molar-refractivity contribution is -0.385. The highest BCUT2D eigenvalue weighted by Gasteiger charge is 2.20. The molecule has 0 unspecified atom stereocenters. The Morgan fingerprint density at radius 2 is 2.20 bits per heavy atom. The molecular weight excluding hydrogens is 260 g/mol. The zero-order valence-electron chi connectivity index (χ0n) is 11.6. The van der Waals surface area contributed by atoms with Crippen molar-refractivity contribution in [3.63, 3.8) is 0 Å². The van der Waals surface area contributed by atoms with Gasteiger partial charge in [-0.1, -0.05) is 0 Å². The molecule has 1 aliphatic rings. The smallest absolute Gasteiger partial charge is 0.273 e. The van der Waals surface area contributed by atoms with Crippen LogP contribution in [0.4, 0.5) is 5.69 Å². The summed E-state index contributed by atoms with van der Waals surface area (Å²) in [6.45, 7) is 2.82. The van der Waals surface area contributed by atoms with E-state index in [4.69, 9.17) is 9.47 Å². The quantitative estimate of drug-likeness (QED) is 0.426. The Bertz CT molecular complexity index is 460. The van der Waals surface area contributed by atoms with Crippen LogP contribution in [0.25, 0.3) is 0 Å². The van der Waals surface area contributed by atoms with Crippen LogP contribution in [0.15, 0.2) is 18.2 Å². The average molecular weight is 280 g/mol. The molecule has 2 rings (SSSR count). The summed E-state index contributed by atoms with van der Waals surface area (Å²) in [5.41, 5.74) is 0.879. The lowest BCUT2D eigenvalue weighted by atomic mass is 10.2. The standard InChI is InChI=1S/C14H20N2O4/c1-19-14-7-12(6-13(8-14)16(17)18)9-15-4-5-20-10-11-2-3-11/h6-8,11,15H,2-5,9-10H2,1H3. The highest BCUT2D eigenvalue weighted by molar-refractivity contribution is 5.42. The Morgan fingerprint density at radius 3 is 2.85 bits per heavy atom. The average Bonchev–Trinajstić information content (AvgIpc) is 3.26. The number of hydrogen-bond acceptors (Lipinski definition) is 5. The topological polar surface area (TPSA) is 73.6 Å². The molecule has 0 atom stereocenters. The van der Waals surface area contributed by atoms with E-state index in [0.29, 0.717) is 18.9 Å². The third kappa shape index (κ3) is 4.79. The molecule has 0 heterocycles. The van der Waals surface area contributed by atoms with Crippen molar-refractivity contribution in [2.75, 3.05) is 26.9 Å². The maximum Gasteiger partial charge on any atom is 0.273 e. The number of nitro benzene ring substituents is 1. The molecule has 0 bridgehead atoms. The number of non-ortho nitro benzene ring substituents is 1. The van der Waals surface area contributed by atoms with Crippen molar-refractivity contribution in [2.24, 2.45) is 5.92 Å². The Hall–Kier alpha value is -1.66. The maximum absolute atomic E-state index is 10.8. The molecule has 6 nitrogen and oxygen atoms in total. The summed E-state index contributed by atoms with van der Waals surface area (Å²) in [4.78, 5) is 10.4. The zero-order valence-corrected chi connectivity index (χ0v) is 11.6. The van der Waals surface area contributed by atoms with E-state index in [0.717, 1.165) is 24.6 Å². The largest absolute Gasteiger partial charge is 0.496 e. The van der Waals surface area contributed by atoms with E-state index < -0.39 is 4.92 Å². The van der Waals surface area contributed by atoms with Gasteiger partial charge in [0, 0.05) is 25.8 Å². The molecule has 0 radical (unpaired) electrons. The molecule has 110 valence electrons. The van der Waals surface area contributed by atoms with E-state index in [1.165, 1.54) is 26.0 Å². The van der Waals surface area contributed by atoms with Crippen molar-refractivity contribution in [1.82, 2.24) is 5.32 Å². The molecule has 0 spiro atoms. The third-order valence-corrected chi connectivity index (χ3v) is 3.20. The van der Waals surface area contributed by atoms with Crippen LogP contribution >= 0.6 is 0 Å². The van der Waals surface area contributed by atoms with Crippen LogP contribution in [0.3, 0.4) is 0 Å². The van der Waals surface area contributed by atoms with Gasteiger partial charge in [-0.25, -0.2) is 0 Å². The molecule has 1 N–H and O–H groups in total. The molecule has 0 aliphatic heterocycles. The first-order chi connectivity index (χ1) is 9.69. The van der Waals surface area contributed by atoms with Gasteiger partial charge in [-0.15, -0.1) is 0 Å². The van der Waals surface area contributed by atoms with E-state index in [9.17, 15) is 10.1 Å². The van der Waals surface area contributed by atoms with Crippen molar-refractivity contribution in [3.8, 4) is 5.75 Å². The second-order valence-corrected chi connectivity index (χ2v) is 4.99. The van der Waals surface area contributed by atoms with Gasteiger partial charge in [-0.2, -0.15) is 0 Å². The fraction of sp³-hybridized carbons (Fsp3) is 0.571. The normalized spacial score (nSPS) is 14.2. The number of hydrogen-bond donors (Lipinski definition) is 1. The van der Waals surface area contributed by atoms with Crippen LogP contribution in [0.5, 0.6) is 5.75 Å². The third-order valence-electron chi connectivity index (χ3n) is 3.20. The molecular formula is C14H20N2O4. The van der Waals surface area contributed by atoms with Crippen molar-refractivity contribution in [3.05, 3.63) is 33.9 Å². The Labute approximate surface area is 118 Å². The summed E-state index contributed by atoms with van der Waals surface area (Å²) < 4.78 is 10.6. The van der Waals surface area contributed by atoms with Crippen LogP contribution < -0.4 is 10.1 Å². The van der Waals surface area contributed by atoms with Crippen LogP contribution in [0.1, 0.15) is 18.4 Å². The molecule has 20 heavy (non-hydrogen) atoms. The van der Waals surface area contributed by atoms with E-state index in [1.54, 1.807) is 12.1 Å². The van der Waals surface area contributed by atoms with Crippen LogP contribution in [-0.2, 0) is 11.3 Å². The number of nitrogens with zero attached hydrogens (tertiary/aromatic N) is 1. The predicted octanol–water partition coefficient (Wildman–Crippen LogP) is 2.12. The van der Waals surface area contributed by atoms with Gasteiger partial charge < -0.3 is 14.8 Å². The Balaban J connectivity index is 1.75. The molecule has 1 aromatic carbocycles. The second-order valence-electron chi connectivity index (χ2n) is 4.99. The van der Waals surface area contributed by atoms with Crippen LogP contribution in [0.2, 0.25) is 0 Å². The number of ether oxygens (including phenoxy) is 2. The van der Waals surface area contributed by atoms with Gasteiger partial charge in [0.2, 0.25) is 0 Å². The number of methoxy groups -OCH3 is 1. The van der Waals surface area contributed by atoms with Crippen molar-refractivity contribution in [2.45, 2.75) is 19.4 Å².